The van der Waals surface area contributed by atoms with Gasteiger partial charge in [-0.15, -0.1) is 0 Å². The lowest BCUT2D eigenvalue weighted by Gasteiger charge is -2.04. The molecule has 1 heterocycles. The molecule has 0 unspecified atom stereocenters. The van der Waals surface area contributed by atoms with Crippen LogP contribution in [0.2, 0.25) is 0 Å². The summed E-state index contributed by atoms with van der Waals surface area (Å²) in [6.07, 6.45) is 0. The number of nitrogens with zero attached hydrogens (tertiary/aromatic N) is 1. The fourth-order valence-electron chi connectivity index (χ4n) is 1.59. The van der Waals surface area contributed by atoms with E-state index in [-0.39, 0.29) is 22.4 Å². The summed E-state index contributed by atoms with van der Waals surface area (Å²) >= 11 is 0. The number of nitro benzene ring substituents is 1. The summed E-state index contributed by atoms with van der Waals surface area (Å²) in [5.74, 6) is -1.49. The van der Waals surface area contributed by atoms with Crippen molar-refractivity contribution in [1.29, 1.82) is 0 Å². The Kier molecular flexibility index (Phi) is 2.91. The molecule has 0 aliphatic heterocycles. The summed E-state index contributed by atoms with van der Waals surface area (Å²) < 4.78 is 9.72. The van der Waals surface area contributed by atoms with E-state index in [0.29, 0.717) is 0 Å². The summed E-state index contributed by atoms with van der Waals surface area (Å²) in [6.45, 7) is 0. The number of carboxylic acid groups (broad SMARTS) is 1. The number of carbonyl (C=O) groups is 1. The van der Waals surface area contributed by atoms with Gasteiger partial charge in [0, 0.05) is 11.5 Å². The number of carboxylic acids is 1. The average Bonchev–Trinajstić information content (AvgIpc) is 2.36. The number of hydrogen-bond donors (Lipinski definition) is 1. The van der Waals surface area contributed by atoms with Gasteiger partial charge >= 0.3 is 11.6 Å². The summed E-state index contributed by atoms with van der Waals surface area (Å²) in [6, 6.07) is 3.21. The van der Waals surface area contributed by atoms with E-state index in [9.17, 15) is 19.7 Å². The van der Waals surface area contributed by atoms with E-state index >= 15 is 0 Å². The van der Waals surface area contributed by atoms with Crippen LogP contribution in [-0.2, 0) is 0 Å². The molecule has 8 heteroatoms. The van der Waals surface area contributed by atoms with E-state index in [1.807, 2.05) is 0 Å². The molecule has 0 amide bonds. The second kappa shape index (κ2) is 4.41. The number of nitro groups is 1. The van der Waals surface area contributed by atoms with Crippen molar-refractivity contribution in [3.8, 4) is 5.75 Å². The molecule has 1 aromatic heterocycles. The van der Waals surface area contributed by atoms with Crippen molar-refractivity contribution < 1.29 is 24.0 Å². The van der Waals surface area contributed by atoms with Gasteiger partial charge in [-0.05, 0) is 6.07 Å². The number of fused-ring (bicyclic) bond motifs is 1. The highest BCUT2D eigenvalue weighted by molar-refractivity contribution is 5.93. The number of ether oxygens (including phenoxy) is 1. The minimum atomic E-state index is -1.47. The molecule has 1 N–H and O–H groups in total. The Labute approximate surface area is 105 Å². The molecule has 0 saturated heterocycles. The van der Waals surface area contributed by atoms with Crippen LogP contribution in [0.15, 0.2) is 27.4 Å². The minimum Gasteiger partial charge on any atom is -0.493 e. The van der Waals surface area contributed by atoms with Gasteiger partial charge in [0.1, 0.15) is 5.56 Å². The van der Waals surface area contributed by atoms with Crippen molar-refractivity contribution in [2.24, 2.45) is 0 Å². The van der Waals surface area contributed by atoms with Crippen LogP contribution >= 0.6 is 0 Å². The maximum atomic E-state index is 11.4. The van der Waals surface area contributed by atoms with Crippen LogP contribution in [0.4, 0.5) is 5.69 Å². The SMILES string of the molecule is COc1cc([N+](=O)[O-])cc2cc(C(=O)O)c(=O)oc12. The van der Waals surface area contributed by atoms with E-state index in [2.05, 4.69) is 0 Å². The highest BCUT2D eigenvalue weighted by atomic mass is 16.6. The van der Waals surface area contributed by atoms with Gasteiger partial charge in [0.25, 0.3) is 5.69 Å². The molecule has 0 fully saturated rings. The molecular weight excluding hydrogens is 258 g/mol. The van der Waals surface area contributed by atoms with Crippen LogP contribution in [-0.4, -0.2) is 23.1 Å². The maximum absolute atomic E-state index is 11.4. The Morgan fingerprint density at radius 1 is 1.42 bits per heavy atom. The predicted molar refractivity (Wildman–Crippen MR) is 62.6 cm³/mol. The second-order valence-electron chi connectivity index (χ2n) is 3.58. The smallest absolute Gasteiger partial charge is 0.351 e. The van der Waals surface area contributed by atoms with Crippen LogP contribution in [0.5, 0.6) is 5.75 Å². The highest BCUT2D eigenvalue weighted by Gasteiger charge is 2.18. The molecule has 0 bridgehead atoms. The lowest BCUT2D eigenvalue weighted by molar-refractivity contribution is -0.384. The van der Waals surface area contributed by atoms with Crippen LogP contribution in [0.25, 0.3) is 11.0 Å². The summed E-state index contributed by atoms with van der Waals surface area (Å²) in [7, 11) is 1.25. The van der Waals surface area contributed by atoms with Gasteiger partial charge in [-0.2, -0.15) is 0 Å². The normalized spacial score (nSPS) is 10.4. The molecule has 0 aliphatic rings. The first-order valence-electron chi connectivity index (χ1n) is 4.97. The molecule has 98 valence electrons. The number of rotatable bonds is 3. The van der Waals surface area contributed by atoms with Gasteiger partial charge in [-0.3, -0.25) is 10.1 Å². The number of hydrogen-bond acceptors (Lipinski definition) is 6. The van der Waals surface area contributed by atoms with E-state index in [4.69, 9.17) is 14.3 Å². The first-order chi connectivity index (χ1) is 8.93. The van der Waals surface area contributed by atoms with Crippen LogP contribution in [0.1, 0.15) is 10.4 Å². The van der Waals surface area contributed by atoms with E-state index in [0.717, 1.165) is 18.2 Å². The average molecular weight is 265 g/mol. The van der Waals surface area contributed by atoms with Crippen molar-refractivity contribution in [3.63, 3.8) is 0 Å². The number of aromatic carboxylic acids is 1. The van der Waals surface area contributed by atoms with E-state index in [1.54, 1.807) is 0 Å². The summed E-state index contributed by atoms with van der Waals surface area (Å²) in [4.78, 5) is 32.3. The number of non-ortho nitro benzene ring substituents is 1. The third-order valence-electron chi connectivity index (χ3n) is 2.44. The van der Waals surface area contributed by atoms with Crippen LogP contribution in [0, 0.1) is 10.1 Å². The molecule has 8 nitrogen and oxygen atoms in total. The van der Waals surface area contributed by atoms with Crippen LogP contribution < -0.4 is 10.4 Å². The summed E-state index contributed by atoms with van der Waals surface area (Å²) in [5.41, 5.74) is -1.99. The topological polar surface area (TPSA) is 120 Å². The zero-order valence-electron chi connectivity index (χ0n) is 9.58. The van der Waals surface area contributed by atoms with E-state index in [1.165, 1.54) is 7.11 Å². The molecule has 2 rings (SSSR count). The third kappa shape index (κ3) is 2.10. The van der Waals surface area contributed by atoms with Crippen molar-refractivity contribution in [3.05, 3.63) is 44.3 Å². The van der Waals surface area contributed by atoms with Crippen molar-refractivity contribution in [2.75, 3.05) is 7.11 Å². The van der Waals surface area contributed by atoms with Crippen molar-refractivity contribution in [2.45, 2.75) is 0 Å². The van der Waals surface area contributed by atoms with Gasteiger partial charge < -0.3 is 14.3 Å². The van der Waals surface area contributed by atoms with Gasteiger partial charge in [0.15, 0.2) is 11.3 Å². The van der Waals surface area contributed by atoms with Gasteiger partial charge in [-0.25, -0.2) is 9.59 Å². The Balaban J connectivity index is 2.87. The van der Waals surface area contributed by atoms with Crippen LogP contribution in [0.3, 0.4) is 0 Å². The van der Waals surface area contributed by atoms with Crippen molar-refractivity contribution in [1.82, 2.24) is 0 Å². The zero-order valence-corrected chi connectivity index (χ0v) is 9.58. The van der Waals surface area contributed by atoms with Gasteiger partial charge in [0.2, 0.25) is 0 Å². The Morgan fingerprint density at radius 2 is 2.11 bits per heavy atom. The maximum Gasteiger partial charge on any atom is 0.351 e. The standard InChI is InChI=1S/C11H7NO7/c1-18-8-4-6(12(16)17)2-5-3-7(10(13)14)11(15)19-9(5)8/h2-4H,1H3,(H,13,14). The lowest BCUT2D eigenvalue weighted by atomic mass is 10.1. The highest BCUT2D eigenvalue weighted by Crippen LogP contribution is 2.30. The first kappa shape index (κ1) is 12.6. The molecule has 0 radical (unpaired) electrons. The zero-order chi connectivity index (χ0) is 14.2. The molecule has 19 heavy (non-hydrogen) atoms. The van der Waals surface area contributed by atoms with Gasteiger partial charge in [-0.1, -0.05) is 0 Å². The minimum absolute atomic E-state index is 0.0155. The first-order valence-corrected chi connectivity index (χ1v) is 4.97. The Hall–Kier alpha value is -2.90. The predicted octanol–water partition coefficient (Wildman–Crippen LogP) is 1.41. The quantitative estimate of drug-likeness (QED) is 0.506. The van der Waals surface area contributed by atoms with E-state index < -0.39 is 22.1 Å². The number of benzene rings is 1. The fraction of sp³-hybridized carbons (Fsp3) is 0.0909. The molecule has 0 saturated carbocycles. The molecule has 0 spiro atoms. The third-order valence-corrected chi connectivity index (χ3v) is 2.44. The molecule has 0 atom stereocenters. The summed E-state index contributed by atoms with van der Waals surface area (Å²) in [5, 5.41) is 19.6. The second-order valence-corrected chi connectivity index (χ2v) is 3.58. The number of methoxy groups -OCH3 is 1. The molecule has 1 aromatic carbocycles. The largest absolute Gasteiger partial charge is 0.493 e. The lowest BCUT2D eigenvalue weighted by Crippen LogP contribution is -2.13. The molecular formula is C11H7NO7. The van der Waals surface area contributed by atoms with Crippen molar-refractivity contribution >= 4 is 22.6 Å². The molecule has 0 aliphatic carbocycles. The fourth-order valence-corrected chi connectivity index (χ4v) is 1.59. The molecule has 2 aromatic rings. The monoisotopic (exact) mass is 265 g/mol. The Bertz CT molecular complexity index is 747. The Morgan fingerprint density at radius 3 is 2.63 bits per heavy atom. The van der Waals surface area contributed by atoms with Gasteiger partial charge in [0.05, 0.1) is 18.1 Å².